The van der Waals surface area contributed by atoms with Crippen LogP contribution in [0.15, 0.2) is 48.5 Å². The van der Waals surface area contributed by atoms with Gasteiger partial charge in [-0.1, -0.05) is 56.9 Å². The lowest BCUT2D eigenvalue weighted by Crippen LogP contribution is -2.53. The third-order valence-electron chi connectivity index (χ3n) is 6.35. The molecule has 1 fully saturated rings. The molecule has 1 heterocycles. The molecular weight excluding hydrogens is 466 g/mol. The summed E-state index contributed by atoms with van der Waals surface area (Å²) in [6.07, 6.45) is 5.97. The first-order valence-corrected chi connectivity index (χ1v) is 12.4. The van der Waals surface area contributed by atoms with Crippen LogP contribution in [0.4, 0.5) is 14.5 Å². The van der Waals surface area contributed by atoms with Crippen LogP contribution >= 0.6 is 0 Å². The van der Waals surface area contributed by atoms with Crippen LogP contribution in [0.25, 0.3) is 11.4 Å². The van der Waals surface area contributed by atoms with Crippen LogP contribution < -0.4 is 10.2 Å². The number of carbonyl (C=O) groups excluding carboxylic acids is 2. The molecular formula is C26H30F2N6O2. The first kappa shape index (κ1) is 25.4. The molecule has 0 bridgehead atoms. The molecule has 1 aromatic heterocycles. The van der Waals surface area contributed by atoms with Gasteiger partial charge in [0.2, 0.25) is 11.7 Å². The van der Waals surface area contributed by atoms with E-state index in [2.05, 4.69) is 20.7 Å². The summed E-state index contributed by atoms with van der Waals surface area (Å²) in [5, 5.41) is 15.0. The second kappa shape index (κ2) is 11.8. The summed E-state index contributed by atoms with van der Waals surface area (Å²) >= 11 is 0. The second-order valence-electron chi connectivity index (χ2n) is 8.99. The van der Waals surface area contributed by atoms with Gasteiger partial charge in [-0.2, -0.15) is 4.80 Å². The Morgan fingerprint density at radius 1 is 1.06 bits per heavy atom. The van der Waals surface area contributed by atoms with Crippen molar-refractivity contribution >= 4 is 17.5 Å². The van der Waals surface area contributed by atoms with Crippen LogP contribution in [0.5, 0.6) is 0 Å². The lowest BCUT2D eigenvalue weighted by Gasteiger charge is -2.33. The lowest BCUT2D eigenvalue weighted by atomic mass is 9.95. The minimum atomic E-state index is -0.907. The number of carbonyl (C=O) groups is 2. The normalized spacial score (nSPS) is 14.9. The van der Waals surface area contributed by atoms with Crippen LogP contribution in [0.2, 0.25) is 0 Å². The van der Waals surface area contributed by atoms with E-state index in [-0.39, 0.29) is 29.0 Å². The molecule has 4 rings (SSSR count). The van der Waals surface area contributed by atoms with Crippen LogP contribution in [-0.4, -0.2) is 44.1 Å². The number of nitrogens with one attached hydrogen (secondary N) is 1. The number of amides is 2. The van der Waals surface area contributed by atoms with E-state index in [1.165, 1.54) is 35.2 Å². The topological polar surface area (TPSA) is 93.0 Å². The molecule has 1 N–H and O–H groups in total. The summed E-state index contributed by atoms with van der Waals surface area (Å²) in [7, 11) is 0. The Kier molecular flexibility index (Phi) is 8.35. The average molecular weight is 497 g/mol. The van der Waals surface area contributed by atoms with Crippen LogP contribution in [0.3, 0.4) is 0 Å². The van der Waals surface area contributed by atoms with E-state index >= 15 is 0 Å². The van der Waals surface area contributed by atoms with E-state index in [1.54, 1.807) is 18.2 Å². The molecule has 1 saturated carbocycles. The molecule has 1 atom stereocenters. The van der Waals surface area contributed by atoms with Gasteiger partial charge in [-0.05, 0) is 48.7 Å². The molecule has 2 amide bonds. The summed E-state index contributed by atoms with van der Waals surface area (Å²) < 4.78 is 29.0. The molecule has 190 valence electrons. The molecule has 0 radical (unpaired) electrons. The number of anilines is 1. The van der Waals surface area contributed by atoms with Gasteiger partial charge >= 0.3 is 0 Å². The molecule has 1 aliphatic carbocycles. The smallest absolute Gasteiger partial charge is 0.251 e. The molecule has 10 heteroatoms. The van der Waals surface area contributed by atoms with E-state index in [1.807, 2.05) is 6.92 Å². The highest BCUT2D eigenvalue weighted by Crippen LogP contribution is 2.25. The monoisotopic (exact) mass is 496 g/mol. The zero-order valence-electron chi connectivity index (χ0n) is 20.2. The van der Waals surface area contributed by atoms with E-state index in [0.717, 1.165) is 36.9 Å². The van der Waals surface area contributed by atoms with Crippen molar-refractivity contribution in [2.75, 3.05) is 4.90 Å². The van der Waals surface area contributed by atoms with Gasteiger partial charge in [0, 0.05) is 6.04 Å². The fraction of sp³-hybridized carbons (Fsp3) is 0.423. The highest BCUT2D eigenvalue weighted by Gasteiger charge is 2.34. The van der Waals surface area contributed by atoms with E-state index in [0.29, 0.717) is 12.8 Å². The quantitative estimate of drug-likeness (QED) is 0.478. The standard InChI is InChI=1S/C26H30F2N6O2/c1-2-10-23(26(36)29-18-11-4-3-5-12-18)34(22-16-9-8-15-21(22)28)24(35)17-33-31-25(30-32-33)19-13-6-7-14-20(19)27/h6-9,13-16,18,23H,2-5,10-12,17H2,1H3,(H,29,36). The van der Waals surface area contributed by atoms with Crippen molar-refractivity contribution in [3.05, 3.63) is 60.2 Å². The number of halogens is 2. The fourth-order valence-electron chi connectivity index (χ4n) is 4.58. The Morgan fingerprint density at radius 3 is 2.44 bits per heavy atom. The Labute approximate surface area is 208 Å². The number of benzene rings is 2. The zero-order chi connectivity index (χ0) is 25.5. The predicted molar refractivity (Wildman–Crippen MR) is 131 cm³/mol. The predicted octanol–water partition coefficient (Wildman–Crippen LogP) is 4.27. The fourth-order valence-corrected chi connectivity index (χ4v) is 4.58. The van der Waals surface area contributed by atoms with Gasteiger partial charge in [0.25, 0.3) is 5.91 Å². The number of nitrogens with zero attached hydrogens (tertiary/aromatic N) is 5. The van der Waals surface area contributed by atoms with Gasteiger partial charge in [0.15, 0.2) is 0 Å². The summed E-state index contributed by atoms with van der Waals surface area (Å²) in [6, 6.07) is 11.0. The number of para-hydroxylation sites is 1. The highest BCUT2D eigenvalue weighted by molar-refractivity contribution is 6.00. The van der Waals surface area contributed by atoms with Crippen molar-refractivity contribution in [1.82, 2.24) is 25.5 Å². The van der Waals surface area contributed by atoms with Crippen LogP contribution in [0, 0.1) is 11.6 Å². The van der Waals surface area contributed by atoms with Crippen molar-refractivity contribution in [3.63, 3.8) is 0 Å². The maximum atomic E-state index is 14.9. The van der Waals surface area contributed by atoms with Gasteiger partial charge in [-0.15, -0.1) is 10.2 Å². The molecule has 0 saturated heterocycles. The van der Waals surface area contributed by atoms with E-state index in [4.69, 9.17) is 0 Å². The third-order valence-corrected chi connectivity index (χ3v) is 6.35. The van der Waals surface area contributed by atoms with Crippen molar-refractivity contribution in [2.45, 2.75) is 70.5 Å². The van der Waals surface area contributed by atoms with Crippen molar-refractivity contribution in [2.24, 2.45) is 0 Å². The Balaban J connectivity index is 1.61. The Morgan fingerprint density at radius 2 is 1.75 bits per heavy atom. The lowest BCUT2D eigenvalue weighted by molar-refractivity contribution is -0.127. The number of aromatic nitrogens is 4. The van der Waals surface area contributed by atoms with Gasteiger partial charge in [-0.25, -0.2) is 8.78 Å². The Hall–Kier alpha value is -3.69. The zero-order valence-corrected chi connectivity index (χ0v) is 20.2. The molecule has 36 heavy (non-hydrogen) atoms. The molecule has 0 aliphatic heterocycles. The van der Waals surface area contributed by atoms with E-state index in [9.17, 15) is 18.4 Å². The van der Waals surface area contributed by atoms with Crippen LogP contribution in [-0.2, 0) is 16.1 Å². The Bertz CT molecular complexity index is 1190. The van der Waals surface area contributed by atoms with E-state index < -0.39 is 30.1 Å². The number of rotatable bonds is 9. The van der Waals surface area contributed by atoms with Crippen molar-refractivity contribution < 1.29 is 18.4 Å². The molecule has 8 nitrogen and oxygen atoms in total. The third kappa shape index (κ3) is 5.92. The van der Waals surface area contributed by atoms with Crippen molar-refractivity contribution in [3.8, 4) is 11.4 Å². The summed E-state index contributed by atoms with van der Waals surface area (Å²) in [5.74, 6) is -1.98. The summed E-state index contributed by atoms with van der Waals surface area (Å²) in [5.41, 5.74) is 0.159. The largest absolute Gasteiger partial charge is 0.352 e. The number of tetrazole rings is 1. The first-order chi connectivity index (χ1) is 17.5. The first-order valence-electron chi connectivity index (χ1n) is 12.4. The van der Waals surface area contributed by atoms with Gasteiger partial charge in [-0.3, -0.25) is 14.5 Å². The SMILES string of the molecule is CCCC(C(=O)NC1CCCCC1)N(C(=O)Cn1nnc(-c2ccccc2F)n1)c1ccccc1F. The highest BCUT2D eigenvalue weighted by atomic mass is 19.1. The molecule has 1 aliphatic rings. The minimum Gasteiger partial charge on any atom is -0.352 e. The molecule has 0 spiro atoms. The molecule has 3 aromatic rings. The van der Waals surface area contributed by atoms with Gasteiger partial charge < -0.3 is 5.32 Å². The van der Waals surface area contributed by atoms with Crippen molar-refractivity contribution in [1.29, 1.82) is 0 Å². The molecule has 2 aromatic carbocycles. The van der Waals surface area contributed by atoms with Crippen LogP contribution in [0.1, 0.15) is 51.9 Å². The second-order valence-corrected chi connectivity index (χ2v) is 8.99. The maximum Gasteiger partial charge on any atom is 0.251 e. The maximum absolute atomic E-state index is 14.9. The molecule has 1 unspecified atom stereocenters. The van der Waals surface area contributed by atoms with Gasteiger partial charge in [0.05, 0.1) is 11.3 Å². The number of hydrogen-bond acceptors (Lipinski definition) is 5. The summed E-state index contributed by atoms with van der Waals surface area (Å²) in [6.45, 7) is 1.51. The van der Waals surface area contributed by atoms with Gasteiger partial charge in [0.1, 0.15) is 24.2 Å². The minimum absolute atomic E-state index is 0.00851. The average Bonchev–Trinajstić information content (AvgIpc) is 3.33. The summed E-state index contributed by atoms with van der Waals surface area (Å²) in [4.78, 5) is 29.2. The number of hydrogen-bond donors (Lipinski definition) is 1.